The highest BCUT2D eigenvalue weighted by Gasteiger charge is 2.15. The number of nitrogens with zero attached hydrogens (tertiary/aromatic N) is 1. The third-order valence-corrected chi connectivity index (χ3v) is 4.79. The zero-order valence-corrected chi connectivity index (χ0v) is 14.8. The maximum Gasteiger partial charge on any atom is 0.258 e. The fourth-order valence-electron chi connectivity index (χ4n) is 3.42. The van der Waals surface area contributed by atoms with Crippen LogP contribution in [0.3, 0.4) is 0 Å². The van der Waals surface area contributed by atoms with Crippen molar-refractivity contribution in [3.8, 4) is 0 Å². The lowest BCUT2D eigenvalue weighted by Crippen LogP contribution is -2.26. The van der Waals surface area contributed by atoms with Crippen LogP contribution in [-0.2, 0) is 17.8 Å². The van der Waals surface area contributed by atoms with E-state index in [0.29, 0.717) is 22.8 Å². The number of pyridine rings is 1. The summed E-state index contributed by atoms with van der Waals surface area (Å²) in [5.74, 6) is -0.306. The highest BCUT2D eigenvalue weighted by Crippen LogP contribution is 2.24. The Morgan fingerprint density at radius 3 is 2.85 bits per heavy atom. The van der Waals surface area contributed by atoms with Gasteiger partial charge in [-0.1, -0.05) is 35.9 Å². The van der Waals surface area contributed by atoms with Gasteiger partial charge in [0.15, 0.2) is 0 Å². The van der Waals surface area contributed by atoms with Crippen LogP contribution in [0, 0.1) is 0 Å². The van der Waals surface area contributed by atoms with E-state index in [9.17, 15) is 9.59 Å². The summed E-state index contributed by atoms with van der Waals surface area (Å²) in [5, 5.41) is 4.31. The Balaban J connectivity index is 1.65. The minimum atomic E-state index is -0.306. The molecular weight excluding hydrogens is 348 g/mol. The molecule has 2 aromatic carbocycles. The van der Waals surface area contributed by atoms with Crippen LogP contribution in [-0.4, -0.2) is 10.5 Å². The van der Waals surface area contributed by atoms with Gasteiger partial charge in [0.05, 0.1) is 5.52 Å². The van der Waals surface area contributed by atoms with Crippen LogP contribution in [0.1, 0.15) is 17.5 Å². The Morgan fingerprint density at radius 2 is 2.00 bits per heavy atom. The minimum absolute atomic E-state index is 0.0588. The summed E-state index contributed by atoms with van der Waals surface area (Å²) in [6.45, 7) is 0.711. The van der Waals surface area contributed by atoms with E-state index in [1.165, 1.54) is 11.6 Å². The van der Waals surface area contributed by atoms with Crippen LogP contribution in [0.4, 0.5) is 5.69 Å². The first-order valence-electron chi connectivity index (χ1n) is 8.52. The zero-order valence-electron chi connectivity index (χ0n) is 14.0. The fourth-order valence-corrected chi connectivity index (χ4v) is 3.61. The van der Waals surface area contributed by atoms with Crippen LogP contribution < -0.4 is 10.9 Å². The molecular formula is C21H17ClN2O2. The standard InChI is InChI=1S/C21H17ClN2O2/c22-17-7-2-8-18(13-17)23-19(25)10-9-16-12-15-5-1-4-14-6-3-11-24(20(14)15)21(16)26/h1-2,4-5,7-10,12-13H,3,6,11H2,(H,23,25)/b10-9+. The van der Waals surface area contributed by atoms with E-state index in [4.69, 9.17) is 11.6 Å². The molecule has 0 aliphatic carbocycles. The average molecular weight is 365 g/mol. The van der Waals surface area contributed by atoms with Crippen molar-refractivity contribution in [3.63, 3.8) is 0 Å². The smallest absolute Gasteiger partial charge is 0.258 e. The van der Waals surface area contributed by atoms with Crippen molar-refractivity contribution in [2.45, 2.75) is 19.4 Å². The van der Waals surface area contributed by atoms with E-state index in [2.05, 4.69) is 11.4 Å². The molecule has 130 valence electrons. The van der Waals surface area contributed by atoms with Crippen molar-refractivity contribution < 1.29 is 4.79 Å². The molecule has 3 aromatic rings. The van der Waals surface area contributed by atoms with E-state index in [0.717, 1.165) is 23.7 Å². The number of rotatable bonds is 3. The number of hydrogen-bond acceptors (Lipinski definition) is 2. The van der Waals surface area contributed by atoms with E-state index in [-0.39, 0.29) is 11.5 Å². The predicted octanol–water partition coefficient (Wildman–Crippen LogP) is 4.25. The molecule has 0 saturated heterocycles. The quantitative estimate of drug-likeness (QED) is 0.706. The number of anilines is 1. The van der Waals surface area contributed by atoms with Crippen LogP contribution in [0.25, 0.3) is 17.0 Å². The van der Waals surface area contributed by atoms with Gasteiger partial charge in [0.2, 0.25) is 5.91 Å². The maximum absolute atomic E-state index is 12.8. The lowest BCUT2D eigenvalue weighted by molar-refractivity contribution is -0.111. The lowest BCUT2D eigenvalue weighted by atomic mass is 10.00. The molecule has 1 aliphatic heterocycles. The van der Waals surface area contributed by atoms with Crippen LogP contribution in [0.2, 0.25) is 5.02 Å². The largest absolute Gasteiger partial charge is 0.322 e. The van der Waals surface area contributed by atoms with Crippen molar-refractivity contribution in [1.29, 1.82) is 0 Å². The molecule has 0 unspecified atom stereocenters. The van der Waals surface area contributed by atoms with Gasteiger partial charge in [0, 0.05) is 28.9 Å². The first-order chi connectivity index (χ1) is 12.6. The van der Waals surface area contributed by atoms with Crippen molar-refractivity contribution in [1.82, 2.24) is 4.57 Å². The predicted molar refractivity (Wildman–Crippen MR) is 106 cm³/mol. The van der Waals surface area contributed by atoms with Gasteiger partial charge in [-0.15, -0.1) is 0 Å². The lowest BCUT2D eigenvalue weighted by Gasteiger charge is -2.19. The van der Waals surface area contributed by atoms with Crippen molar-refractivity contribution in [2.24, 2.45) is 0 Å². The Bertz CT molecular complexity index is 1100. The average Bonchev–Trinajstić information content (AvgIpc) is 2.63. The molecule has 0 bridgehead atoms. The molecule has 1 amide bonds. The minimum Gasteiger partial charge on any atom is -0.322 e. The molecule has 4 nitrogen and oxygen atoms in total. The molecule has 0 spiro atoms. The molecule has 1 aliphatic rings. The number of carbonyl (C=O) groups is 1. The van der Waals surface area contributed by atoms with Crippen LogP contribution in [0.5, 0.6) is 0 Å². The van der Waals surface area contributed by atoms with Gasteiger partial charge in [-0.25, -0.2) is 0 Å². The summed E-state index contributed by atoms with van der Waals surface area (Å²) >= 11 is 5.92. The van der Waals surface area contributed by atoms with Gasteiger partial charge in [-0.2, -0.15) is 0 Å². The number of halogens is 1. The van der Waals surface area contributed by atoms with Gasteiger partial charge < -0.3 is 9.88 Å². The molecule has 26 heavy (non-hydrogen) atoms. The number of aromatic nitrogens is 1. The van der Waals surface area contributed by atoms with E-state index >= 15 is 0 Å². The van der Waals surface area contributed by atoms with Crippen molar-refractivity contribution in [3.05, 3.63) is 81.1 Å². The Hall–Kier alpha value is -2.85. The number of benzene rings is 2. The fraction of sp³-hybridized carbons (Fsp3) is 0.143. The second-order valence-electron chi connectivity index (χ2n) is 6.35. The first-order valence-corrected chi connectivity index (χ1v) is 8.90. The number of nitrogens with one attached hydrogen (secondary N) is 1. The maximum atomic E-state index is 12.8. The Kier molecular flexibility index (Phi) is 4.35. The van der Waals surface area contributed by atoms with Gasteiger partial charge in [0.1, 0.15) is 0 Å². The van der Waals surface area contributed by atoms with Gasteiger partial charge in [-0.3, -0.25) is 9.59 Å². The number of carbonyl (C=O) groups excluding carboxylic acids is 1. The normalized spacial score (nSPS) is 13.3. The van der Waals surface area contributed by atoms with Gasteiger partial charge in [0.25, 0.3) is 5.56 Å². The summed E-state index contributed by atoms with van der Waals surface area (Å²) in [4.78, 5) is 24.9. The number of para-hydroxylation sites is 1. The molecule has 0 atom stereocenters. The zero-order chi connectivity index (χ0) is 18.1. The second kappa shape index (κ2) is 6.81. The van der Waals surface area contributed by atoms with Crippen molar-refractivity contribution in [2.75, 3.05) is 5.32 Å². The number of aryl methyl sites for hydroxylation is 2. The number of amides is 1. The van der Waals surface area contributed by atoms with Crippen molar-refractivity contribution >= 4 is 40.2 Å². The molecule has 1 N–H and O–H groups in total. The van der Waals surface area contributed by atoms with E-state index < -0.39 is 0 Å². The summed E-state index contributed by atoms with van der Waals surface area (Å²) in [7, 11) is 0. The topological polar surface area (TPSA) is 51.1 Å². The summed E-state index contributed by atoms with van der Waals surface area (Å²) in [6, 6.07) is 14.9. The Morgan fingerprint density at radius 1 is 1.15 bits per heavy atom. The van der Waals surface area contributed by atoms with Gasteiger partial charge in [-0.05, 0) is 54.1 Å². The second-order valence-corrected chi connectivity index (χ2v) is 6.78. The molecule has 1 aromatic heterocycles. The molecule has 0 fully saturated rings. The van der Waals surface area contributed by atoms with Crippen LogP contribution >= 0.6 is 11.6 Å². The highest BCUT2D eigenvalue weighted by molar-refractivity contribution is 6.30. The van der Waals surface area contributed by atoms with E-state index in [1.807, 2.05) is 22.8 Å². The monoisotopic (exact) mass is 364 g/mol. The Labute approximate surface area is 155 Å². The third kappa shape index (κ3) is 3.16. The molecule has 2 heterocycles. The SMILES string of the molecule is O=C(/C=C/c1cc2cccc3c2n(c1=O)CCC3)Nc1cccc(Cl)c1. The molecule has 0 radical (unpaired) electrons. The summed E-state index contributed by atoms with van der Waals surface area (Å²) in [5.41, 5.74) is 3.29. The summed E-state index contributed by atoms with van der Waals surface area (Å²) < 4.78 is 1.82. The van der Waals surface area contributed by atoms with E-state index in [1.54, 1.807) is 30.3 Å². The summed E-state index contributed by atoms with van der Waals surface area (Å²) in [6.07, 6.45) is 4.90. The third-order valence-electron chi connectivity index (χ3n) is 4.56. The number of hydrogen-bond donors (Lipinski definition) is 1. The highest BCUT2D eigenvalue weighted by atomic mass is 35.5. The molecule has 0 saturated carbocycles. The van der Waals surface area contributed by atoms with Gasteiger partial charge >= 0.3 is 0 Å². The van der Waals surface area contributed by atoms with Crippen LogP contribution in [0.15, 0.2) is 59.4 Å². The first kappa shape index (κ1) is 16.6. The molecule has 4 rings (SSSR count). The molecule has 5 heteroatoms.